The summed E-state index contributed by atoms with van der Waals surface area (Å²) in [5.41, 5.74) is 1.52. The van der Waals surface area contributed by atoms with Crippen LogP contribution >= 0.6 is 23.1 Å². The molecular formula is C21H19N5O3S2. The van der Waals surface area contributed by atoms with Crippen LogP contribution in [0.5, 0.6) is 11.5 Å². The highest BCUT2D eigenvalue weighted by molar-refractivity contribution is 8.00. The van der Waals surface area contributed by atoms with Crippen molar-refractivity contribution in [3.8, 4) is 11.5 Å². The molecule has 0 bridgehead atoms. The van der Waals surface area contributed by atoms with Crippen molar-refractivity contribution in [3.05, 3.63) is 53.1 Å². The molecule has 31 heavy (non-hydrogen) atoms. The Morgan fingerprint density at radius 2 is 2.10 bits per heavy atom. The number of aryl methyl sites for hydroxylation is 1. The van der Waals surface area contributed by atoms with Crippen molar-refractivity contribution in [1.82, 2.24) is 19.7 Å². The number of hydrogen-bond acceptors (Lipinski definition) is 8. The molecule has 0 saturated heterocycles. The maximum atomic E-state index is 13.3. The van der Waals surface area contributed by atoms with Crippen LogP contribution in [0.3, 0.4) is 0 Å². The highest BCUT2D eigenvalue weighted by Crippen LogP contribution is 2.35. The molecule has 1 aliphatic rings. The van der Waals surface area contributed by atoms with Crippen LogP contribution in [-0.2, 0) is 18.4 Å². The first-order chi connectivity index (χ1) is 15.2. The van der Waals surface area contributed by atoms with Gasteiger partial charge >= 0.3 is 0 Å². The molecule has 1 aromatic carbocycles. The van der Waals surface area contributed by atoms with Crippen molar-refractivity contribution in [2.75, 3.05) is 23.9 Å². The van der Waals surface area contributed by atoms with Gasteiger partial charge in [-0.15, -0.1) is 11.3 Å². The molecule has 0 fully saturated rings. The Morgan fingerprint density at radius 1 is 1.23 bits per heavy atom. The Kier molecular flexibility index (Phi) is 5.47. The van der Waals surface area contributed by atoms with E-state index in [4.69, 9.17) is 9.47 Å². The molecule has 1 aliphatic heterocycles. The number of fused-ring (bicyclic) bond motifs is 2. The van der Waals surface area contributed by atoms with E-state index in [2.05, 4.69) is 15.1 Å². The van der Waals surface area contributed by atoms with Crippen molar-refractivity contribution < 1.29 is 14.3 Å². The van der Waals surface area contributed by atoms with Crippen molar-refractivity contribution >= 4 is 45.7 Å². The molecule has 0 unspecified atom stereocenters. The number of rotatable bonds is 6. The van der Waals surface area contributed by atoms with Gasteiger partial charge in [-0.25, -0.2) is 9.97 Å². The van der Waals surface area contributed by atoms with E-state index in [0.717, 1.165) is 26.6 Å². The minimum Gasteiger partial charge on any atom is -0.486 e. The van der Waals surface area contributed by atoms with Gasteiger partial charge in [0.25, 0.3) is 0 Å². The molecule has 3 aromatic heterocycles. The molecule has 8 nitrogen and oxygen atoms in total. The summed E-state index contributed by atoms with van der Waals surface area (Å²) in [4.78, 5) is 24.8. The van der Waals surface area contributed by atoms with E-state index in [1.54, 1.807) is 27.1 Å². The third kappa shape index (κ3) is 4.08. The average Bonchev–Trinajstić information content (AvgIpc) is 3.46. The van der Waals surface area contributed by atoms with Gasteiger partial charge in [0.15, 0.2) is 17.1 Å². The van der Waals surface area contributed by atoms with Gasteiger partial charge in [0.05, 0.1) is 23.9 Å². The number of benzene rings is 1. The number of anilines is 1. The topological polar surface area (TPSA) is 82.4 Å². The van der Waals surface area contributed by atoms with Crippen molar-refractivity contribution in [2.45, 2.75) is 11.6 Å². The third-order valence-electron chi connectivity index (χ3n) is 4.86. The van der Waals surface area contributed by atoms with Crippen LogP contribution in [0.2, 0.25) is 0 Å². The number of ether oxygens (including phenoxy) is 2. The number of carbonyl (C=O) groups excluding carboxylic acids is 1. The fourth-order valence-corrected chi connectivity index (χ4v) is 4.88. The van der Waals surface area contributed by atoms with E-state index in [0.29, 0.717) is 31.3 Å². The van der Waals surface area contributed by atoms with E-state index in [1.807, 2.05) is 42.8 Å². The molecule has 4 heterocycles. The summed E-state index contributed by atoms with van der Waals surface area (Å²) in [6.07, 6.45) is 3.23. The summed E-state index contributed by atoms with van der Waals surface area (Å²) < 4.78 is 13.0. The van der Waals surface area contributed by atoms with E-state index in [9.17, 15) is 4.79 Å². The number of amides is 1. The summed E-state index contributed by atoms with van der Waals surface area (Å²) in [6, 6.07) is 9.64. The molecule has 0 saturated carbocycles. The number of carbonyl (C=O) groups is 1. The number of aromatic nitrogens is 4. The predicted octanol–water partition coefficient (Wildman–Crippen LogP) is 3.52. The summed E-state index contributed by atoms with van der Waals surface area (Å²) in [5, 5.41) is 7.83. The zero-order valence-corrected chi connectivity index (χ0v) is 18.4. The Balaban J connectivity index is 1.40. The molecule has 5 rings (SSSR count). The van der Waals surface area contributed by atoms with Crippen molar-refractivity contribution in [1.29, 1.82) is 0 Å². The smallest absolute Gasteiger partial charge is 0.237 e. The fourth-order valence-electron chi connectivity index (χ4n) is 3.35. The van der Waals surface area contributed by atoms with Gasteiger partial charge in [-0.05, 0) is 23.6 Å². The maximum absolute atomic E-state index is 13.3. The summed E-state index contributed by atoms with van der Waals surface area (Å²) >= 11 is 3.01. The van der Waals surface area contributed by atoms with Crippen LogP contribution in [-0.4, -0.2) is 44.6 Å². The molecular weight excluding hydrogens is 434 g/mol. The average molecular weight is 454 g/mol. The molecule has 10 heteroatoms. The van der Waals surface area contributed by atoms with Gasteiger partial charge in [0, 0.05) is 23.7 Å². The van der Waals surface area contributed by atoms with Crippen molar-refractivity contribution in [2.24, 2.45) is 7.05 Å². The molecule has 0 atom stereocenters. The third-order valence-corrected chi connectivity index (χ3v) is 6.71. The Bertz CT molecular complexity index is 1230. The van der Waals surface area contributed by atoms with Crippen LogP contribution in [0, 0.1) is 0 Å². The lowest BCUT2D eigenvalue weighted by atomic mass is 10.2. The van der Waals surface area contributed by atoms with Crippen LogP contribution < -0.4 is 14.4 Å². The van der Waals surface area contributed by atoms with Gasteiger partial charge in [0.2, 0.25) is 5.91 Å². The van der Waals surface area contributed by atoms with Gasteiger partial charge in [-0.1, -0.05) is 17.8 Å². The first-order valence-corrected chi connectivity index (χ1v) is 11.5. The maximum Gasteiger partial charge on any atom is 0.237 e. The molecule has 0 aliphatic carbocycles. The first-order valence-electron chi connectivity index (χ1n) is 9.67. The second-order valence-corrected chi connectivity index (χ2v) is 8.86. The lowest BCUT2D eigenvalue weighted by Gasteiger charge is -2.25. The van der Waals surface area contributed by atoms with Gasteiger partial charge in [0.1, 0.15) is 24.6 Å². The molecule has 0 spiro atoms. The molecule has 4 aromatic rings. The molecule has 1 amide bonds. The van der Waals surface area contributed by atoms with Crippen LogP contribution in [0.15, 0.2) is 53.3 Å². The molecule has 158 valence electrons. The molecule has 0 N–H and O–H groups in total. The van der Waals surface area contributed by atoms with E-state index in [-0.39, 0.29) is 11.7 Å². The zero-order valence-electron chi connectivity index (χ0n) is 16.7. The minimum atomic E-state index is -0.0225. The summed E-state index contributed by atoms with van der Waals surface area (Å²) in [5.74, 6) is 1.58. The van der Waals surface area contributed by atoms with Gasteiger partial charge in [-0.2, -0.15) is 5.10 Å². The van der Waals surface area contributed by atoms with Crippen molar-refractivity contribution in [3.63, 3.8) is 0 Å². The largest absolute Gasteiger partial charge is 0.486 e. The van der Waals surface area contributed by atoms with Crippen LogP contribution in [0.4, 0.5) is 5.69 Å². The number of hydrogen-bond donors (Lipinski definition) is 0. The number of thiophene rings is 1. The SMILES string of the molecule is Cn1ncc2c(SCC(=O)N(Cc3cccs3)c3ccc4c(c3)OCCO4)ncnc21. The second-order valence-electron chi connectivity index (χ2n) is 6.86. The highest BCUT2D eigenvalue weighted by atomic mass is 32.2. The van der Waals surface area contributed by atoms with E-state index in [1.165, 1.54) is 18.1 Å². The summed E-state index contributed by atoms with van der Waals surface area (Å²) in [6.45, 7) is 1.52. The van der Waals surface area contributed by atoms with Gasteiger partial charge in [-0.3, -0.25) is 9.48 Å². The van der Waals surface area contributed by atoms with Gasteiger partial charge < -0.3 is 14.4 Å². The van der Waals surface area contributed by atoms with E-state index >= 15 is 0 Å². The first kappa shape index (κ1) is 19.8. The van der Waals surface area contributed by atoms with E-state index < -0.39 is 0 Å². The zero-order chi connectivity index (χ0) is 21.2. The lowest BCUT2D eigenvalue weighted by Crippen LogP contribution is -2.31. The normalized spacial score (nSPS) is 12.8. The standard InChI is InChI=1S/C21H19N5O3S2/c1-25-20-16(10-24-25)21(23-13-22-20)31-12-19(27)26(11-15-3-2-8-30-15)14-4-5-17-18(9-14)29-7-6-28-17/h2-5,8-10,13H,6-7,11-12H2,1H3. The summed E-state index contributed by atoms with van der Waals surface area (Å²) in [7, 11) is 1.83. The Hall–Kier alpha value is -3.11. The van der Waals surface area contributed by atoms with Crippen LogP contribution in [0.25, 0.3) is 11.0 Å². The monoisotopic (exact) mass is 453 g/mol. The lowest BCUT2D eigenvalue weighted by molar-refractivity contribution is -0.116. The Morgan fingerprint density at radius 3 is 2.94 bits per heavy atom. The quantitative estimate of drug-likeness (QED) is 0.326. The Labute approximate surface area is 186 Å². The predicted molar refractivity (Wildman–Crippen MR) is 120 cm³/mol. The fraction of sp³-hybridized carbons (Fsp3) is 0.238. The van der Waals surface area contributed by atoms with Crippen LogP contribution in [0.1, 0.15) is 4.88 Å². The minimum absolute atomic E-state index is 0.0225. The highest BCUT2D eigenvalue weighted by Gasteiger charge is 2.21. The molecule has 0 radical (unpaired) electrons. The number of thioether (sulfide) groups is 1. The number of nitrogens with zero attached hydrogens (tertiary/aromatic N) is 5. The second kappa shape index (κ2) is 8.56.